The van der Waals surface area contributed by atoms with Crippen LogP contribution in [0.25, 0.3) is 0 Å². The van der Waals surface area contributed by atoms with Crippen LogP contribution in [0.2, 0.25) is 0 Å². The molecule has 0 aliphatic heterocycles. The molecule has 6 heteroatoms. The Morgan fingerprint density at radius 2 is 1.79 bits per heavy atom. The molecule has 0 aliphatic carbocycles. The Morgan fingerprint density at radius 1 is 1.14 bits per heavy atom. The molecule has 3 atom stereocenters. The zero-order valence-electron chi connectivity index (χ0n) is 8.35. The maximum Gasteiger partial charge on any atom is 0.155 e. The smallest absolute Gasteiger partial charge is 0.155 e. The molecule has 2 N–H and O–H groups in total. The number of rotatable bonds is 8. The number of unbranched alkanes of at least 4 members (excludes halogenated alkanes) is 2. The topological polar surface area (TPSA) is 74.6 Å². The van der Waals surface area contributed by atoms with E-state index in [4.69, 9.17) is 9.11 Å². The van der Waals surface area contributed by atoms with Gasteiger partial charge in [-0.3, -0.25) is 0 Å². The fourth-order valence-electron chi connectivity index (χ4n) is 1.22. The first-order chi connectivity index (χ1) is 6.57. The first-order valence-electron chi connectivity index (χ1n) is 4.75. The Morgan fingerprint density at radius 3 is 2.21 bits per heavy atom. The van der Waals surface area contributed by atoms with Gasteiger partial charge in [-0.15, -0.1) is 0 Å². The molecule has 0 aliphatic rings. The van der Waals surface area contributed by atoms with Crippen LogP contribution in [-0.2, 0) is 22.2 Å². The van der Waals surface area contributed by atoms with Crippen molar-refractivity contribution in [2.75, 3.05) is 5.75 Å². The highest BCUT2D eigenvalue weighted by Crippen LogP contribution is 2.11. The van der Waals surface area contributed by atoms with Crippen LogP contribution >= 0.6 is 0 Å². The van der Waals surface area contributed by atoms with Crippen molar-refractivity contribution in [2.45, 2.75) is 44.3 Å². The molecular formula is C8H18O4S2. The molecule has 0 heterocycles. The van der Waals surface area contributed by atoms with Gasteiger partial charge in [0.05, 0.1) is 5.25 Å². The van der Waals surface area contributed by atoms with Gasteiger partial charge in [-0.25, -0.2) is 8.42 Å². The van der Waals surface area contributed by atoms with Gasteiger partial charge in [0.2, 0.25) is 0 Å². The second-order valence-corrected chi connectivity index (χ2v) is 5.45. The van der Waals surface area contributed by atoms with Crippen molar-refractivity contribution in [1.82, 2.24) is 0 Å². The highest BCUT2D eigenvalue weighted by atomic mass is 32.2. The SMILES string of the molecule is CCC(CCCCCS(=O)O)S(=O)O. The summed E-state index contributed by atoms with van der Waals surface area (Å²) in [6.07, 6.45) is 3.83. The van der Waals surface area contributed by atoms with Crippen LogP contribution in [0.5, 0.6) is 0 Å². The molecule has 0 spiro atoms. The van der Waals surface area contributed by atoms with E-state index in [1.54, 1.807) is 0 Å². The van der Waals surface area contributed by atoms with E-state index in [-0.39, 0.29) is 5.25 Å². The molecule has 0 aromatic heterocycles. The Balaban J connectivity index is 3.42. The summed E-state index contributed by atoms with van der Waals surface area (Å²) in [7, 11) is 0. The molecule has 0 rings (SSSR count). The summed E-state index contributed by atoms with van der Waals surface area (Å²) in [4.78, 5) is 0. The van der Waals surface area contributed by atoms with Gasteiger partial charge >= 0.3 is 0 Å². The number of hydrogen-bond acceptors (Lipinski definition) is 2. The van der Waals surface area contributed by atoms with Crippen LogP contribution in [0.3, 0.4) is 0 Å². The zero-order valence-corrected chi connectivity index (χ0v) is 9.98. The van der Waals surface area contributed by atoms with Gasteiger partial charge in [0, 0.05) is 5.75 Å². The fourth-order valence-corrected chi connectivity index (χ4v) is 2.33. The second-order valence-electron chi connectivity index (χ2n) is 3.18. The molecule has 0 amide bonds. The minimum Gasteiger partial charge on any atom is -0.306 e. The maximum atomic E-state index is 10.7. The summed E-state index contributed by atoms with van der Waals surface area (Å²) >= 11 is -3.43. The van der Waals surface area contributed by atoms with Crippen LogP contribution in [-0.4, -0.2) is 28.5 Å². The Bertz CT molecular complexity index is 196. The lowest BCUT2D eigenvalue weighted by molar-refractivity contribution is 0.523. The summed E-state index contributed by atoms with van der Waals surface area (Å²) in [5.41, 5.74) is 0. The maximum absolute atomic E-state index is 10.7. The fraction of sp³-hybridized carbons (Fsp3) is 1.00. The molecular weight excluding hydrogens is 224 g/mol. The molecule has 0 radical (unpaired) electrons. The van der Waals surface area contributed by atoms with Crippen LogP contribution < -0.4 is 0 Å². The normalized spacial score (nSPS) is 17.6. The van der Waals surface area contributed by atoms with E-state index in [0.717, 1.165) is 19.3 Å². The predicted octanol–water partition coefficient (Wildman–Crippen LogP) is 1.77. The molecule has 0 aromatic carbocycles. The number of hydrogen-bond donors (Lipinski definition) is 2. The lowest BCUT2D eigenvalue weighted by Crippen LogP contribution is -2.12. The standard InChI is InChI=1S/C8H18O4S2/c1-2-8(14(11)12)6-4-3-5-7-13(9)10/h8H,2-7H2,1H3,(H,9,10)(H,11,12). The van der Waals surface area contributed by atoms with E-state index in [1.165, 1.54) is 0 Å². The molecule has 0 fully saturated rings. The van der Waals surface area contributed by atoms with Crippen LogP contribution in [0, 0.1) is 0 Å². The Kier molecular flexibility index (Phi) is 8.66. The van der Waals surface area contributed by atoms with E-state index < -0.39 is 22.2 Å². The Labute approximate surface area is 90.0 Å². The van der Waals surface area contributed by atoms with Gasteiger partial charge in [0.25, 0.3) is 0 Å². The summed E-state index contributed by atoms with van der Waals surface area (Å²) in [6.45, 7) is 1.89. The second kappa shape index (κ2) is 8.52. The Hall–Kier alpha value is 0.220. The lowest BCUT2D eigenvalue weighted by atomic mass is 10.1. The molecule has 0 aromatic rings. The summed E-state index contributed by atoms with van der Waals surface area (Å²) in [5.74, 6) is 0.305. The lowest BCUT2D eigenvalue weighted by Gasteiger charge is -2.09. The van der Waals surface area contributed by atoms with E-state index in [1.807, 2.05) is 6.92 Å². The summed E-state index contributed by atoms with van der Waals surface area (Å²) in [6, 6.07) is 0. The third-order valence-electron chi connectivity index (χ3n) is 2.09. The van der Waals surface area contributed by atoms with Crippen molar-refractivity contribution in [2.24, 2.45) is 0 Å². The van der Waals surface area contributed by atoms with E-state index in [9.17, 15) is 8.42 Å². The van der Waals surface area contributed by atoms with Gasteiger partial charge in [-0.2, -0.15) is 0 Å². The van der Waals surface area contributed by atoms with Gasteiger partial charge in [0.15, 0.2) is 22.2 Å². The molecule has 3 unspecified atom stereocenters. The van der Waals surface area contributed by atoms with Crippen molar-refractivity contribution in [1.29, 1.82) is 0 Å². The van der Waals surface area contributed by atoms with Gasteiger partial charge in [-0.1, -0.05) is 19.8 Å². The van der Waals surface area contributed by atoms with Gasteiger partial charge < -0.3 is 9.11 Å². The highest BCUT2D eigenvalue weighted by Gasteiger charge is 2.11. The molecule has 0 saturated heterocycles. The largest absolute Gasteiger partial charge is 0.306 e. The quantitative estimate of drug-likeness (QED) is 0.502. The average Bonchev–Trinajstić information content (AvgIpc) is 2.10. The zero-order chi connectivity index (χ0) is 11.0. The van der Waals surface area contributed by atoms with Crippen LogP contribution in [0.1, 0.15) is 39.0 Å². The minimum atomic E-state index is -1.73. The minimum absolute atomic E-state index is 0.144. The molecule has 0 saturated carbocycles. The van der Waals surface area contributed by atoms with Crippen molar-refractivity contribution in [3.05, 3.63) is 0 Å². The van der Waals surface area contributed by atoms with Crippen molar-refractivity contribution in [3.8, 4) is 0 Å². The highest BCUT2D eigenvalue weighted by molar-refractivity contribution is 7.79. The van der Waals surface area contributed by atoms with Crippen molar-refractivity contribution < 1.29 is 17.5 Å². The third-order valence-corrected chi connectivity index (χ3v) is 3.86. The molecule has 14 heavy (non-hydrogen) atoms. The predicted molar refractivity (Wildman–Crippen MR) is 59.0 cm³/mol. The van der Waals surface area contributed by atoms with E-state index in [2.05, 4.69) is 0 Å². The summed E-state index contributed by atoms with van der Waals surface area (Å²) in [5, 5.41) is -0.144. The molecule has 4 nitrogen and oxygen atoms in total. The first kappa shape index (κ1) is 14.2. The van der Waals surface area contributed by atoms with Crippen LogP contribution in [0.4, 0.5) is 0 Å². The third kappa shape index (κ3) is 7.61. The molecule has 86 valence electrons. The van der Waals surface area contributed by atoms with E-state index in [0.29, 0.717) is 18.6 Å². The van der Waals surface area contributed by atoms with Crippen molar-refractivity contribution >= 4 is 22.2 Å². The average molecular weight is 242 g/mol. The van der Waals surface area contributed by atoms with Crippen molar-refractivity contribution in [3.63, 3.8) is 0 Å². The monoisotopic (exact) mass is 242 g/mol. The summed E-state index contributed by atoms with van der Waals surface area (Å²) < 4.78 is 38.3. The van der Waals surface area contributed by atoms with Gasteiger partial charge in [0.1, 0.15) is 0 Å². The first-order valence-corrected chi connectivity index (χ1v) is 7.19. The van der Waals surface area contributed by atoms with Gasteiger partial charge in [-0.05, 0) is 19.3 Å². The van der Waals surface area contributed by atoms with Crippen LogP contribution in [0.15, 0.2) is 0 Å². The van der Waals surface area contributed by atoms with E-state index >= 15 is 0 Å². The molecule has 0 bridgehead atoms.